The highest BCUT2D eigenvalue weighted by molar-refractivity contribution is 7.44. The highest BCUT2D eigenvalue weighted by Crippen LogP contribution is 2.10. The van der Waals surface area contributed by atoms with Crippen LogP contribution in [-0.2, 0) is 0 Å². The molecule has 0 amide bonds. The van der Waals surface area contributed by atoms with Crippen LogP contribution in [0.3, 0.4) is 0 Å². The second-order valence-electron chi connectivity index (χ2n) is 1.13. The maximum atomic E-state index is 6.93. The molecule has 0 aliphatic heterocycles. The third kappa shape index (κ3) is 4.23. The molecule has 0 rings (SSSR count). The number of hydrogen-bond acceptors (Lipinski definition) is 1. The summed E-state index contributed by atoms with van der Waals surface area (Å²) in [4.78, 5) is 0. The van der Waals surface area contributed by atoms with Gasteiger partial charge in [0, 0.05) is 0 Å². The fourth-order valence-corrected chi connectivity index (χ4v) is 0. The Hall–Kier alpha value is 0.230. The topological polar surface area (TPSA) is 23.9 Å². The molecule has 0 saturated heterocycles. The lowest BCUT2D eigenvalue weighted by molar-refractivity contribution is 1.46. The summed E-state index contributed by atoms with van der Waals surface area (Å²) < 4.78 is 0. The van der Waals surface area contributed by atoms with E-state index in [0.717, 1.165) is 6.16 Å². The molecule has 0 aliphatic carbocycles. The van der Waals surface area contributed by atoms with Gasteiger partial charge in [-0.15, -0.1) is 0 Å². The molecule has 1 atom stereocenters. The first-order valence-electron chi connectivity index (χ1n) is 1.81. The minimum Gasteiger partial charge on any atom is -0.322 e. The first-order chi connectivity index (χ1) is 2.27. The highest BCUT2D eigenvalue weighted by Gasteiger charge is 1.68. The average molecular weight is 91.1 g/mol. The third-order valence-corrected chi connectivity index (χ3v) is 1.59. The van der Waals surface area contributed by atoms with Gasteiger partial charge in [0.2, 0.25) is 0 Å². The normalized spacial score (nSPS) is 14.8. The Bertz CT molecular complexity index is 42.2. The molecule has 0 aromatic heterocycles. The summed E-state index contributed by atoms with van der Waals surface area (Å²) in [5.74, 6) is 0. The molecule has 1 unspecified atom stereocenters. The Kier molecular flexibility index (Phi) is 2.58. The van der Waals surface area contributed by atoms with Crippen molar-refractivity contribution in [1.82, 2.24) is 0 Å². The fraction of sp³-hybridized carbons (Fsp3) is 1.00. The maximum Gasteiger partial charge on any atom is -0.0235 e. The standard InChI is InChI=1S/C3H10NP/c1-3-5(2)4/h4-5H,3H2,1-2H3. The summed E-state index contributed by atoms with van der Waals surface area (Å²) in [7, 11) is -0.624. The number of hydrogen-bond donors (Lipinski definition) is 1. The van der Waals surface area contributed by atoms with Crippen molar-refractivity contribution in [3.63, 3.8) is 0 Å². The van der Waals surface area contributed by atoms with Crippen LogP contribution in [0.1, 0.15) is 6.92 Å². The van der Waals surface area contributed by atoms with Crippen LogP contribution in [0.15, 0.2) is 0 Å². The number of rotatable bonds is 1. The summed E-state index contributed by atoms with van der Waals surface area (Å²) in [6.07, 6.45) is 1.07. The maximum absolute atomic E-state index is 6.93. The molecular formula is C3H10NP. The monoisotopic (exact) mass is 91.1 g/mol. The SMILES string of the molecule is CC[PH](C)=N. The highest BCUT2D eigenvalue weighted by atomic mass is 31.1. The minimum absolute atomic E-state index is 0.624. The van der Waals surface area contributed by atoms with Crippen LogP contribution in [-0.4, -0.2) is 12.8 Å². The van der Waals surface area contributed by atoms with Crippen molar-refractivity contribution in [2.75, 3.05) is 12.8 Å². The number of nitrogens with one attached hydrogen (secondary N) is 1. The predicted molar refractivity (Wildman–Crippen MR) is 27.5 cm³/mol. The largest absolute Gasteiger partial charge is 0.322 e. The van der Waals surface area contributed by atoms with Crippen molar-refractivity contribution in [2.24, 2.45) is 0 Å². The Morgan fingerprint density at radius 2 is 2.00 bits per heavy atom. The van der Waals surface area contributed by atoms with Crippen LogP contribution in [0, 0.1) is 5.16 Å². The van der Waals surface area contributed by atoms with Gasteiger partial charge < -0.3 is 5.16 Å². The van der Waals surface area contributed by atoms with Crippen molar-refractivity contribution in [3.05, 3.63) is 0 Å². The molecule has 0 aromatic rings. The van der Waals surface area contributed by atoms with E-state index in [-0.39, 0.29) is 0 Å². The second-order valence-corrected chi connectivity index (χ2v) is 3.40. The first kappa shape index (κ1) is 5.23. The van der Waals surface area contributed by atoms with Crippen molar-refractivity contribution in [2.45, 2.75) is 6.92 Å². The Balaban J connectivity index is 2.85. The molecule has 0 radical (unpaired) electrons. The van der Waals surface area contributed by atoms with Gasteiger partial charge >= 0.3 is 0 Å². The van der Waals surface area contributed by atoms with E-state index >= 15 is 0 Å². The van der Waals surface area contributed by atoms with E-state index in [9.17, 15) is 0 Å². The lowest BCUT2D eigenvalue weighted by atomic mass is 11.0. The van der Waals surface area contributed by atoms with Gasteiger partial charge in [-0.3, -0.25) is 0 Å². The zero-order chi connectivity index (χ0) is 4.28. The molecule has 0 fully saturated rings. The second kappa shape index (κ2) is 2.47. The Morgan fingerprint density at radius 1 is 1.80 bits per heavy atom. The Labute approximate surface area is 33.7 Å². The molecule has 2 heteroatoms. The van der Waals surface area contributed by atoms with Crippen LogP contribution in [0.4, 0.5) is 0 Å². The predicted octanol–water partition coefficient (Wildman–Crippen LogP) is 1.61. The van der Waals surface area contributed by atoms with Crippen molar-refractivity contribution in [3.8, 4) is 0 Å². The van der Waals surface area contributed by atoms with Crippen LogP contribution in [0.25, 0.3) is 0 Å². The molecule has 0 saturated carbocycles. The van der Waals surface area contributed by atoms with Gasteiger partial charge in [-0.1, -0.05) is 6.92 Å². The van der Waals surface area contributed by atoms with Gasteiger partial charge in [-0.25, -0.2) is 0 Å². The average Bonchev–Trinajstić information content (AvgIpc) is 1.38. The lowest BCUT2D eigenvalue weighted by Gasteiger charge is -1.79. The molecule has 0 heterocycles. The third-order valence-electron chi connectivity index (χ3n) is 0.530. The van der Waals surface area contributed by atoms with E-state index in [1.807, 2.05) is 6.66 Å². The lowest BCUT2D eigenvalue weighted by Crippen LogP contribution is -1.54. The molecular weight excluding hydrogens is 81.0 g/mol. The molecule has 5 heavy (non-hydrogen) atoms. The van der Waals surface area contributed by atoms with Gasteiger partial charge in [0.15, 0.2) is 0 Å². The van der Waals surface area contributed by atoms with Gasteiger partial charge in [0.1, 0.15) is 0 Å². The molecule has 0 aromatic carbocycles. The summed E-state index contributed by atoms with van der Waals surface area (Å²) in [6, 6.07) is 0. The molecule has 0 aliphatic rings. The van der Waals surface area contributed by atoms with Crippen LogP contribution in [0.2, 0.25) is 0 Å². The van der Waals surface area contributed by atoms with E-state index in [1.54, 1.807) is 0 Å². The zero-order valence-corrected chi connectivity index (χ0v) is 4.71. The molecule has 1 nitrogen and oxygen atoms in total. The van der Waals surface area contributed by atoms with Crippen LogP contribution in [0.5, 0.6) is 0 Å². The van der Waals surface area contributed by atoms with Crippen LogP contribution >= 0.6 is 7.71 Å². The van der Waals surface area contributed by atoms with E-state index in [4.69, 9.17) is 5.16 Å². The van der Waals surface area contributed by atoms with E-state index in [2.05, 4.69) is 6.92 Å². The quantitative estimate of drug-likeness (QED) is 0.474. The summed E-state index contributed by atoms with van der Waals surface area (Å²) >= 11 is 0. The van der Waals surface area contributed by atoms with E-state index in [0.29, 0.717) is 0 Å². The smallest absolute Gasteiger partial charge is 0.0235 e. The summed E-state index contributed by atoms with van der Waals surface area (Å²) in [5.41, 5.74) is 0. The fourth-order valence-electron chi connectivity index (χ4n) is 0. The summed E-state index contributed by atoms with van der Waals surface area (Å²) in [6.45, 7) is 4.05. The van der Waals surface area contributed by atoms with Crippen molar-refractivity contribution >= 4 is 7.71 Å². The molecule has 0 bridgehead atoms. The molecule has 32 valence electrons. The van der Waals surface area contributed by atoms with E-state index in [1.165, 1.54) is 0 Å². The Morgan fingerprint density at radius 3 is 2.00 bits per heavy atom. The molecule has 1 N–H and O–H groups in total. The van der Waals surface area contributed by atoms with Gasteiger partial charge in [-0.2, -0.15) is 0 Å². The van der Waals surface area contributed by atoms with E-state index < -0.39 is 7.71 Å². The summed E-state index contributed by atoms with van der Waals surface area (Å²) in [5, 5.41) is 6.93. The van der Waals surface area contributed by atoms with Gasteiger partial charge in [-0.05, 0) is 20.5 Å². The molecule has 0 spiro atoms. The minimum atomic E-state index is -0.624. The van der Waals surface area contributed by atoms with Gasteiger partial charge in [0.05, 0.1) is 0 Å². The van der Waals surface area contributed by atoms with Crippen molar-refractivity contribution in [1.29, 1.82) is 5.16 Å². The van der Waals surface area contributed by atoms with Crippen LogP contribution < -0.4 is 0 Å². The van der Waals surface area contributed by atoms with Crippen molar-refractivity contribution < 1.29 is 0 Å². The zero-order valence-electron chi connectivity index (χ0n) is 3.71. The first-order valence-corrected chi connectivity index (χ1v) is 4.02. The van der Waals surface area contributed by atoms with Gasteiger partial charge in [0.25, 0.3) is 0 Å².